The van der Waals surface area contributed by atoms with Gasteiger partial charge in [-0.3, -0.25) is 4.79 Å². The molecule has 2 aromatic rings. The number of thiazole rings is 1. The maximum Gasteiger partial charge on any atom is 0.264 e. The average Bonchev–Trinajstić information content (AvgIpc) is 3.13. The third-order valence-corrected chi connectivity index (χ3v) is 6.72. The number of ether oxygens (including phenoxy) is 1. The molecule has 1 aromatic carbocycles. The summed E-state index contributed by atoms with van der Waals surface area (Å²) in [4.78, 5) is 20.6. The minimum Gasteiger partial charge on any atom is -0.389 e. The zero-order valence-electron chi connectivity index (χ0n) is 16.8. The summed E-state index contributed by atoms with van der Waals surface area (Å²) in [6.07, 6.45) is -0.0857. The molecule has 0 saturated carbocycles. The van der Waals surface area contributed by atoms with Crippen molar-refractivity contribution in [2.24, 2.45) is 0 Å². The predicted molar refractivity (Wildman–Crippen MR) is 123 cm³/mol. The van der Waals surface area contributed by atoms with E-state index in [1.54, 1.807) is 0 Å². The number of anilines is 1. The second-order valence-electron chi connectivity index (χ2n) is 7.27. The molecule has 3 heterocycles. The van der Waals surface area contributed by atoms with Crippen LogP contribution in [0.25, 0.3) is 0 Å². The molecular formula is C20H28Cl2N4O3S. The van der Waals surface area contributed by atoms with E-state index in [-0.39, 0.29) is 30.7 Å². The number of nitrogens with one attached hydrogen (secondary N) is 2. The molecule has 1 aromatic heterocycles. The number of aliphatic hydroxyl groups is 1. The normalized spacial score (nSPS) is 23.8. The summed E-state index contributed by atoms with van der Waals surface area (Å²) in [5.41, 5.74) is 0.836. The summed E-state index contributed by atoms with van der Waals surface area (Å²) >= 11 is 1.41. The molecule has 0 bridgehead atoms. The molecule has 0 radical (unpaired) electrons. The van der Waals surface area contributed by atoms with Gasteiger partial charge in [0.2, 0.25) is 0 Å². The van der Waals surface area contributed by atoms with Crippen molar-refractivity contribution in [3.05, 3.63) is 46.5 Å². The molecule has 0 spiro atoms. The summed E-state index contributed by atoms with van der Waals surface area (Å²) in [5, 5.41) is 18.1. The molecule has 3 N–H and O–H groups in total. The molecule has 2 aliphatic heterocycles. The molecule has 2 atom stereocenters. The lowest BCUT2D eigenvalue weighted by Crippen LogP contribution is -2.61. The number of hydrogen-bond acceptors (Lipinski definition) is 7. The Morgan fingerprint density at radius 3 is 2.67 bits per heavy atom. The van der Waals surface area contributed by atoms with Crippen LogP contribution in [0.1, 0.15) is 27.3 Å². The third kappa shape index (κ3) is 4.90. The summed E-state index contributed by atoms with van der Waals surface area (Å²) in [6, 6.07) is 9.74. The number of morpholine rings is 1. The van der Waals surface area contributed by atoms with Crippen LogP contribution < -0.4 is 15.5 Å². The van der Waals surface area contributed by atoms with Gasteiger partial charge >= 0.3 is 0 Å². The van der Waals surface area contributed by atoms with E-state index in [4.69, 9.17) is 4.74 Å². The second-order valence-corrected chi connectivity index (χ2v) is 8.25. The predicted octanol–water partition coefficient (Wildman–Crippen LogP) is 2.11. The Morgan fingerprint density at radius 1 is 1.30 bits per heavy atom. The third-order valence-electron chi connectivity index (χ3n) is 5.50. The first-order chi connectivity index (χ1) is 13.6. The van der Waals surface area contributed by atoms with Crippen LogP contribution in [-0.2, 0) is 10.3 Å². The van der Waals surface area contributed by atoms with Gasteiger partial charge in [-0.25, -0.2) is 4.98 Å². The molecule has 2 fully saturated rings. The minimum atomic E-state index is -0.806. The van der Waals surface area contributed by atoms with Gasteiger partial charge in [-0.05, 0) is 25.5 Å². The minimum absolute atomic E-state index is 0. The number of halogens is 2. The van der Waals surface area contributed by atoms with Gasteiger partial charge in [-0.2, -0.15) is 0 Å². The fourth-order valence-corrected chi connectivity index (χ4v) is 4.91. The van der Waals surface area contributed by atoms with Crippen molar-refractivity contribution in [1.82, 2.24) is 15.6 Å². The standard InChI is InChI=1S/C20H26N4O3S.2ClH/c1-14-17(28-19(22-14)24-9-11-27-12-10-24)18(26)23-20(7-8-21-13-16(20)25)15-5-3-2-4-6-15;;/h2-6,16,21,25H,7-13H2,1H3,(H,23,26);2*1H/t16-,20-;;/m1../s1. The summed E-state index contributed by atoms with van der Waals surface area (Å²) in [7, 11) is 0. The van der Waals surface area contributed by atoms with Crippen molar-refractivity contribution in [2.45, 2.75) is 25.0 Å². The fraction of sp³-hybridized carbons (Fsp3) is 0.500. The van der Waals surface area contributed by atoms with Crippen LogP contribution in [0.4, 0.5) is 5.13 Å². The summed E-state index contributed by atoms with van der Waals surface area (Å²) < 4.78 is 5.40. The van der Waals surface area contributed by atoms with Gasteiger partial charge < -0.3 is 25.4 Å². The van der Waals surface area contributed by atoms with Crippen molar-refractivity contribution in [1.29, 1.82) is 0 Å². The van der Waals surface area contributed by atoms with Crippen molar-refractivity contribution in [3.8, 4) is 0 Å². The second kappa shape index (κ2) is 10.7. The topological polar surface area (TPSA) is 86.7 Å². The molecule has 10 heteroatoms. The smallest absolute Gasteiger partial charge is 0.264 e. The average molecular weight is 475 g/mol. The van der Waals surface area contributed by atoms with E-state index in [0.29, 0.717) is 31.1 Å². The van der Waals surface area contributed by atoms with Crippen molar-refractivity contribution in [3.63, 3.8) is 0 Å². The zero-order chi connectivity index (χ0) is 19.6. The van der Waals surface area contributed by atoms with E-state index in [9.17, 15) is 9.90 Å². The van der Waals surface area contributed by atoms with E-state index in [1.807, 2.05) is 37.3 Å². The molecule has 1 amide bonds. The molecule has 2 aliphatic rings. The highest BCUT2D eigenvalue weighted by Gasteiger charge is 2.43. The number of β-amino-alcohol motifs (C(OH)–C–C–N with tert-alkyl or cyclic N) is 1. The van der Waals surface area contributed by atoms with Crippen LogP contribution in [0, 0.1) is 6.92 Å². The molecular weight excluding hydrogens is 447 g/mol. The van der Waals surface area contributed by atoms with Crippen LogP contribution in [0.5, 0.6) is 0 Å². The van der Waals surface area contributed by atoms with Gasteiger partial charge in [-0.15, -0.1) is 24.8 Å². The van der Waals surface area contributed by atoms with E-state index < -0.39 is 11.6 Å². The molecule has 7 nitrogen and oxygen atoms in total. The number of aryl methyl sites for hydroxylation is 1. The van der Waals surface area contributed by atoms with Gasteiger partial charge in [0.25, 0.3) is 5.91 Å². The quantitative estimate of drug-likeness (QED) is 0.628. The SMILES string of the molecule is Cc1nc(N2CCOCC2)sc1C(=O)N[C@@]1(c2ccccc2)CCNC[C@H]1O.Cl.Cl. The van der Waals surface area contributed by atoms with E-state index >= 15 is 0 Å². The number of rotatable bonds is 4. The van der Waals surface area contributed by atoms with Gasteiger partial charge in [-0.1, -0.05) is 41.7 Å². The number of benzene rings is 1. The number of piperidine rings is 1. The highest BCUT2D eigenvalue weighted by atomic mass is 35.5. The Balaban J connectivity index is 0.00000160. The van der Waals surface area contributed by atoms with E-state index in [1.165, 1.54) is 11.3 Å². The number of aromatic nitrogens is 1. The van der Waals surface area contributed by atoms with Gasteiger partial charge in [0.1, 0.15) is 4.88 Å². The van der Waals surface area contributed by atoms with E-state index in [0.717, 1.165) is 36.0 Å². The molecule has 0 aliphatic carbocycles. The number of amides is 1. The number of carbonyl (C=O) groups is 1. The Kier molecular flexibility index (Phi) is 8.90. The van der Waals surface area contributed by atoms with Crippen LogP contribution in [0.2, 0.25) is 0 Å². The monoisotopic (exact) mass is 474 g/mol. The van der Waals surface area contributed by atoms with Crippen LogP contribution in [0.15, 0.2) is 30.3 Å². The van der Waals surface area contributed by atoms with Crippen LogP contribution in [-0.4, -0.2) is 61.5 Å². The lowest BCUT2D eigenvalue weighted by atomic mass is 9.79. The molecule has 30 heavy (non-hydrogen) atoms. The van der Waals surface area contributed by atoms with Crippen molar-refractivity contribution < 1.29 is 14.6 Å². The first kappa shape index (κ1) is 24.8. The maximum absolute atomic E-state index is 13.2. The lowest BCUT2D eigenvalue weighted by Gasteiger charge is -2.42. The number of hydrogen-bond donors (Lipinski definition) is 3. The zero-order valence-corrected chi connectivity index (χ0v) is 19.2. The van der Waals surface area contributed by atoms with E-state index in [2.05, 4.69) is 20.5 Å². The largest absolute Gasteiger partial charge is 0.389 e. The van der Waals surface area contributed by atoms with Crippen LogP contribution >= 0.6 is 36.2 Å². The molecule has 2 saturated heterocycles. The number of nitrogens with zero attached hydrogens (tertiary/aromatic N) is 2. The Labute approximate surface area is 193 Å². The highest BCUT2D eigenvalue weighted by Crippen LogP contribution is 2.33. The number of aliphatic hydroxyl groups excluding tert-OH is 1. The summed E-state index contributed by atoms with van der Waals surface area (Å²) in [5.74, 6) is -0.181. The van der Waals surface area contributed by atoms with Crippen LogP contribution in [0.3, 0.4) is 0 Å². The van der Waals surface area contributed by atoms with Crippen molar-refractivity contribution in [2.75, 3.05) is 44.3 Å². The van der Waals surface area contributed by atoms with Gasteiger partial charge in [0, 0.05) is 19.6 Å². The molecule has 4 rings (SSSR count). The highest BCUT2D eigenvalue weighted by molar-refractivity contribution is 7.17. The Morgan fingerprint density at radius 2 is 2.00 bits per heavy atom. The molecule has 0 unspecified atom stereocenters. The molecule has 166 valence electrons. The van der Waals surface area contributed by atoms with Crippen molar-refractivity contribution >= 4 is 47.2 Å². The van der Waals surface area contributed by atoms with Gasteiger partial charge in [0.05, 0.1) is 30.6 Å². The fourth-order valence-electron chi connectivity index (χ4n) is 3.90. The Bertz CT molecular complexity index is 833. The number of carbonyl (C=O) groups excluding carboxylic acids is 1. The summed E-state index contributed by atoms with van der Waals surface area (Å²) in [6.45, 7) is 5.96. The first-order valence-corrected chi connectivity index (χ1v) is 10.5. The first-order valence-electron chi connectivity index (χ1n) is 9.67. The maximum atomic E-state index is 13.2. The van der Waals surface area contributed by atoms with Gasteiger partial charge in [0.15, 0.2) is 5.13 Å². The Hall–Kier alpha value is -1.42. The lowest BCUT2D eigenvalue weighted by molar-refractivity contribution is 0.0291.